The fraction of sp³-hybridized carbons (Fsp3) is 0.571. The van der Waals surface area contributed by atoms with Crippen molar-refractivity contribution in [1.29, 1.82) is 0 Å². The van der Waals surface area contributed by atoms with E-state index >= 15 is 0 Å². The van der Waals surface area contributed by atoms with Crippen molar-refractivity contribution in [1.82, 2.24) is 19.5 Å². The number of aromatic nitrogens is 4. The molecule has 6 N–H and O–H groups in total. The number of carboxylic acid groups (broad SMARTS) is 1. The normalized spacial score (nSPS) is 27.0. The Morgan fingerprint density at radius 2 is 2.12 bits per heavy atom. The number of aliphatic carboxylic acids is 1. The number of carbonyl (C=O) groups is 1. The molecule has 1 aliphatic rings. The average Bonchev–Trinajstić information content (AvgIpc) is 3.15. The number of aromatic hydroxyl groups is 1. The Hall–Kier alpha value is -1.82. The first-order valence-electron chi connectivity index (χ1n) is 7.84. The molecule has 12 heteroatoms. The van der Waals surface area contributed by atoms with E-state index in [1.54, 1.807) is 0 Å². The van der Waals surface area contributed by atoms with Crippen molar-refractivity contribution in [2.75, 3.05) is 0 Å². The number of aliphatic hydroxyl groups is 2. The zero-order valence-corrected chi connectivity index (χ0v) is 15.3. The predicted octanol–water partition coefficient (Wildman–Crippen LogP) is -1.51. The summed E-state index contributed by atoms with van der Waals surface area (Å²) in [5.74, 6) is -1.32. The Bertz CT molecular complexity index is 788. The van der Waals surface area contributed by atoms with E-state index in [-0.39, 0.29) is 32.0 Å². The van der Waals surface area contributed by atoms with Crippen molar-refractivity contribution >= 4 is 32.1 Å². The van der Waals surface area contributed by atoms with Crippen LogP contribution in [0.1, 0.15) is 12.6 Å². The first kappa shape index (κ1) is 19.0. The number of hydrogen-bond donors (Lipinski definition) is 5. The van der Waals surface area contributed by atoms with Gasteiger partial charge in [-0.05, 0) is 0 Å². The molecule has 0 amide bonds. The van der Waals surface area contributed by atoms with E-state index in [2.05, 4.69) is 15.0 Å². The molecule has 0 aromatic carbocycles. The zero-order chi connectivity index (χ0) is 18.8. The fourth-order valence-corrected chi connectivity index (χ4v) is 4.95. The standard InChI is InChI=1S/C14H19N5O6Se/c15-6(14(23)24)1-2-26-3-7-9(20)10(21)13(25-7)19-5-18-8-11(19)16-4-17-12(8)22/h4-7,9-10,13,20-21H,1-3,15H2,(H,23,24)(H,16,17,22)/t6?,7-,9-,10-,13-/m1/s1. The molecule has 1 unspecified atom stereocenters. The third-order valence-electron chi connectivity index (χ3n) is 4.12. The summed E-state index contributed by atoms with van der Waals surface area (Å²) < 4.78 is 7.22. The van der Waals surface area contributed by atoms with Crippen LogP contribution in [0.2, 0.25) is 10.6 Å². The van der Waals surface area contributed by atoms with E-state index in [9.17, 15) is 20.1 Å². The molecule has 0 bridgehead atoms. The van der Waals surface area contributed by atoms with Crippen LogP contribution in [0, 0.1) is 0 Å². The van der Waals surface area contributed by atoms with Crippen molar-refractivity contribution in [3.63, 3.8) is 0 Å². The number of rotatable bonds is 7. The molecule has 0 radical (unpaired) electrons. The summed E-state index contributed by atoms with van der Waals surface area (Å²) in [4.78, 5) is 22.4. The van der Waals surface area contributed by atoms with Crippen LogP contribution in [0.5, 0.6) is 5.88 Å². The quantitative estimate of drug-likeness (QED) is 0.255. The van der Waals surface area contributed by atoms with Crippen LogP contribution < -0.4 is 5.73 Å². The summed E-state index contributed by atoms with van der Waals surface area (Å²) in [6.45, 7) is 0. The number of fused-ring (bicyclic) bond motifs is 1. The van der Waals surface area contributed by atoms with Crippen LogP contribution in [0.3, 0.4) is 0 Å². The van der Waals surface area contributed by atoms with E-state index in [4.69, 9.17) is 15.6 Å². The minimum absolute atomic E-state index is 0.00473. The Balaban J connectivity index is 1.64. The third kappa shape index (κ3) is 3.65. The van der Waals surface area contributed by atoms with Gasteiger partial charge in [0.2, 0.25) is 0 Å². The predicted molar refractivity (Wildman–Crippen MR) is 88.5 cm³/mol. The average molecular weight is 432 g/mol. The van der Waals surface area contributed by atoms with Gasteiger partial charge in [0.25, 0.3) is 0 Å². The molecule has 2 aromatic heterocycles. The number of imidazole rings is 1. The maximum absolute atomic E-state index is 10.7. The van der Waals surface area contributed by atoms with Gasteiger partial charge in [0.15, 0.2) is 0 Å². The molecule has 1 fully saturated rings. The molecule has 11 nitrogen and oxygen atoms in total. The summed E-state index contributed by atoms with van der Waals surface area (Å²) >= 11 is 0.00473. The van der Waals surface area contributed by atoms with Crippen LogP contribution >= 0.6 is 0 Å². The second kappa shape index (κ2) is 7.82. The molecule has 1 saturated heterocycles. The molecule has 0 aliphatic carbocycles. The van der Waals surface area contributed by atoms with Gasteiger partial charge in [0, 0.05) is 0 Å². The first-order valence-corrected chi connectivity index (χ1v) is 10.3. The molecular formula is C14H19N5O6Se. The van der Waals surface area contributed by atoms with Crippen LogP contribution in [0.25, 0.3) is 11.2 Å². The van der Waals surface area contributed by atoms with Gasteiger partial charge in [-0.2, -0.15) is 0 Å². The Morgan fingerprint density at radius 3 is 2.85 bits per heavy atom. The minimum atomic E-state index is -1.19. The SMILES string of the molecule is NC(CC[Se]C[C@H]1O[C@@H](n2cnc3c(O)ncnc32)[C@H](O)[C@@H]1O)C(=O)O. The second-order valence-electron chi connectivity index (χ2n) is 5.88. The van der Waals surface area contributed by atoms with Crippen LogP contribution in [-0.4, -0.2) is 85.2 Å². The van der Waals surface area contributed by atoms with E-state index in [0.29, 0.717) is 17.1 Å². The van der Waals surface area contributed by atoms with Gasteiger partial charge in [0.05, 0.1) is 0 Å². The number of hydrogen-bond acceptors (Lipinski definition) is 9. The zero-order valence-electron chi connectivity index (χ0n) is 13.5. The van der Waals surface area contributed by atoms with Crippen molar-refractivity contribution in [2.24, 2.45) is 5.73 Å². The monoisotopic (exact) mass is 433 g/mol. The molecule has 1 aliphatic heterocycles. The Morgan fingerprint density at radius 1 is 1.35 bits per heavy atom. The molecule has 3 heterocycles. The molecular weight excluding hydrogens is 413 g/mol. The second-order valence-corrected chi connectivity index (χ2v) is 8.29. The van der Waals surface area contributed by atoms with Crippen LogP contribution in [0.15, 0.2) is 12.7 Å². The summed E-state index contributed by atoms with van der Waals surface area (Å²) in [7, 11) is 0. The van der Waals surface area contributed by atoms with Gasteiger partial charge in [0.1, 0.15) is 0 Å². The van der Waals surface area contributed by atoms with Gasteiger partial charge in [-0.3, -0.25) is 0 Å². The topological polar surface area (TPSA) is 177 Å². The summed E-state index contributed by atoms with van der Waals surface area (Å²) in [6, 6.07) is -0.894. The molecule has 2 aromatic rings. The van der Waals surface area contributed by atoms with Gasteiger partial charge in [-0.25, -0.2) is 0 Å². The molecule has 0 saturated carbocycles. The number of nitrogens with two attached hydrogens (primary N) is 1. The van der Waals surface area contributed by atoms with Crippen molar-refractivity contribution in [3.8, 4) is 5.88 Å². The van der Waals surface area contributed by atoms with E-state index in [1.807, 2.05) is 0 Å². The van der Waals surface area contributed by atoms with Crippen LogP contribution in [-0.2, 0) is 9.53 Å². The number of aliphatic hydroxyl groups excluding tert-OH is 2. The number of nitrogens with zero attached hydrogens (tertiary/aromatic N) is 4. The summed E-state index contributed by atoms with van der Waals surface area (Å²) in [5, 5.41) is 40.2. The van der Waals surface area contributed by atoms with E-state index in [1.165, 1.54) is 17.2 Å². The van der Waals surface area contributed by atoms with Gasteiger partial charge < -0.3 is 0 Å². The maximum atomic E-state index is 10.7. The van der Waals surface area contributed by atoms with E-state index in [0.717, 1.165) is 0 Å². The van der Waals surface area contributed by atoms with Crippen molar-refractivity contribution in [2.45, 2.75) is 47.6 Å². The molecule has 26 heavy (non-hydrogen) atoms. The first-order chi connectivity index (χ1) is 12.4. The fourth-order valence-electron chi connectivity index (χ4n) is 2.66. The number of ether oxygens (including phenoxy) is 1. The van der Waals surface area contributed by atoms with E-state index < -0.39 is 36.6 Å². The number of carboxylic acids is 1. The van der Waals surface area contributed by atoms with Crippen LogP contribution in [0.4, 0.5) is 0 Å². The molecule has 0 spiro atoms. The van der Waals surface area contributed by atoms with Gasteiger partial charge in [-0.15, -0.1) is 0 Å². The van der Waals surface area contributed by atoms with Gasteiger partial charge >= 0.3 is 153 Å². The van der Waals surface area contributed by atoms with Gasteiger partial charge in [-0.1, -0.05) is 0 Å². The molecule has 142 valence electrons. The molecule has 5 atom stereocenters. The third-order valence-corrected chi connectivity index (χ3v) is 6.41. The van der Waals surface area contributed by atoms with Crippen molar-refractivity contribution < 1.29 is 30.0 Å². The summed E-state index contributed by atoms with van der Waals surface area (Å²) in [5.41, 5.74) is 5.92. The summed E-state index contributed by atoms with van der Waals surface area (Å²) in [6.07, 6.45) is -0.893. The molecule has 3 rings (SSSR count). The van der Waals surface area contributed by atoms with Crippen molar-refractivity contribution in [3.05, 3.63) is 12.7 Å². The Kier molecular flexibility index (Phi) is 5.70. The Labute approximate surface area is 154 Å².